The lowest BCUT2D eigenvalue weighted by molar-refractivity contribution is 0.0973. The largest absolute Gasteiger partial charge is 0.288 e. The number of hydrogen-bond acceptors (Lipinski definition) is 4. The van der Waals surface area contributed by atoms with E-state index in [1.807, 2.05) is 12.2 Å². The minimum Gasteiger partial charge on any atom is -0.288 e. The Hall–Kier alpha value is -6.80. The summed E-state index contributed by atoms with van der Waals surface area (Å²) in [6.07, 6.45) is 23.2. The van der Waals surface area contributed by atoms with Gasteiger partial charge in [-0.2, -0.15) is 0 Å². The van der Waals surface area contributed by atoms with Crippen LogP contribution in [-0.2, 0) is 16.2 Å². The molecule has 8 aliphatic carbocycles. The molecule has 0 radical (unpaired) electrons. The van der Waals surface area contributed by atoms with E-state index in [0.29, 0.717) is 21.5 Å². The molecule has 3 saturated carbocycles. The molecule has 0 aromatic heterocycles. The molecular formula is C62H46F4O4. The smallest absolute Gasteiger partial charge is 0.197 e. The maximum atomic E-state index is 14.3. The highest BCUT2D eigenvalue weighted by Gasteiger charge is 2.51. The quantitative estimate of drug-likeness (QED) is 0.0985. The van der Waals surface area contributed by atoms with Gasteiger partial charge >= 0.3 is 0 Å². The molecule has 6 aromatic carbocycles. The third-order valence-electron chi connectivity index (χ3n) is 18.2. The van der Waals surface area contributed by atoms with Crippen molar-refractivity contribution in [3.8, 4) is 11.1 Å². The van der Waals surface area contributed by atoms with Gasteiger partial charge in [0.25, 0.3) is 0 Å². The number of benzene rings is 6. The molecular weight excluding hydrogens is 885 g/mol. The number of rotatable bonds is 2. The molecule has 0 N–H and O–H groups in total. The van der Waals surface area contributed by atoms with Crippen LogP contribution in [0, 0.1) is 23.3 Å². The van der Waals surface area contributed by atoms with Crippen molar-refractivity contribution in [2.45, 2.75) is 113 Å². The van der Waals surface area contributed by atoms with Gasteiger partial charge in [0.15, 0.2) is 46.4 Å². The number of allylic oxidation sites excluding steroid dienone is 6. The molecule has 14 rings (SSSR count). The predicted molar refractivity (Wildman–Crippen MR) is 262 cm³/mol. The van der Waals surface area contributed by atoms with Crippen molar-refractivity contribution < 1.29 is 36.7 Å². The Kier molecular flexibility index (Phi) is 8.80. The van der Waals surface area contributed by atoms with Crippen molar-refractivity contribution in [3.05, 3.63) is 186 Å². The van der Waals surface area contributed by atoms with Crippen molar-refractivity contribution in [1.29, 1.82) is 0 Å². The highest BCUT2D eigenvalue weighted by Crippen LogP contribution is 2.63. The Morgan fingerprint density at radius 1 is 0.329 bits per heavy atom. The molecule has 0 bridgehead atoms. The van der Waals surface area contributed by atoms with E-state index in [0.717, 1.165) is 143 Å². The zero-order chi connectivity index (χ0) is 47.6. The van der Waals surface area contributed by atoms with E-state index in [1.165, 1.54) is 57.6 Å². The maximum absolute atomic E-state index is 14.3. The molecule has 0 saturated heterocycles. The normalized spacial score (nSPS) is 20.9. The average Bonchev–Trinajstić information content (AvgIpc) is 4.04. The SMILES string of the molecule is O=C1C(=CC2=Cc3cc4c(cc3C23CCCCC3)-c2cc3c(cc2C42CCCCC2)C=C(C=C2C(=O)c4cc5cc(F)c(F)cc5cc4C2=O)C32CCCCC2)C(=O)c2cc3cc(F)c(F)cc3cc21. The molecule has 0 amide bonds. The molecule has 346 valence electrons. The lowest BCUT2D eigenvalue weighted by Crippen LogP contribution is -2.30. The van der Waals surface area contributed by atoms with Crippen LogP contribution in [0.1, 0.15) is 171 Å². The number of carbonyl (C=O) groups is 4. The van der Waals surface area contributed by atoms with E-state index in [4.69, 9.17) is 0 Å². The van der Waals surface area contributed by atoms with Crippen molar-refractivity contribution in [2.24, 2.45) is 0 Å². The standard InChI is InChI=1S/C62H46F4O4/c63-52-24-32-18-42-43(19-33(32)25-53(52)64)57(68)46(56(42)67)28-38-16-36-22-50-40(30-48(36)60(38)10-4-1-5-11-60)41-31-49-37(23-51(41)62(50)14-8-3-9-15-62)17-39(61(49)12-6-2-7-13-61)29-47-58(69)44-20-34-26-54(65)55(66)27-35(34)21-45(44)59(47)70/h16-31H,1-15H2. The second-order valence-corrected chi connectivity index (χ2v) is 21.6. The highest BCUT2D eigenvalue weighted by atomic mass is 19.2. The fourth-order valence-electron chi connectivity index (χ4n) is 14.8. The molecule has 0 aliphatic heterocycles. The molecule has 0 atom stereocenters. The fourth-order valence-corrected chi connectivity index (χ4v) is 14.8. The van der Waals surface area contributed by atoms with Crippen LogP contribution in [-0.4, -0.2) is 23.1 Å². The Morgan fingerprint density at radius 2 is 0.629 bits per heavy atom. The lowest BCUT2D eigenvalue weighted by atomic mass is 9.65. The third kappa shape index (κ3) is 5.59. The van der Waals surface area contributed by atoms with Gasteiger partial charge in [0.05, 0.1) is 11.1 Å². The van der Waals surface area contributed by atoms with Crippen LogP contribution in [0.4, 0.5) is 17.6 Å². The van der Waals surface area contributed by atoms with Crippen LogP contribution in [0.2, 0.25) is 0 Å². The Bertz CT molecular complexity index is 3300. The monoisotopic (exact) mass is 930 g/mol. The summed E-state index contributed by atoms with van der Waals surface area (Å²) < 4.78 is 57.2. The van der Waals surface area contributed by atoms with E-state index < -0.39 is 57.2 Å². The maximum Gasteiger partial charge on any atom is 0.197 e. The Labute approximate surface area is 401 Å². The first-order chi connectivity index (χ1) is 33.9. The summed E-state index contributed by atoms with van der Waals surface area (Å²) >= 11 is 0. The van der Waals surface area contributed by atoms with Crippen molar-refractivity contribution in [3.63, 3.8) is 0 Å². The molecule has 8 heteroatoms. The number of ketones is 4. The van der Waals surface area contributed by atoms with Crippen LogP contribution in [0.3, 0.4) is 0 Å². The summed E-state index contributed by atoms with van der Waals surface area (Å²) in [5.41, 5.74) is 11.9. The molecule has 3 fully saturated rings. The summed E-state index contributed by atoms with van der Waals surface area (Å²) in [5.74, 6) is -5.61. The first-order valence-corrected chi connectivity index (χ1v) is 25.2. The van der Waals surface area contributed by atoms with Gasteiger partial charge in [-0.25, -0.2) is 17.6 Å². The summed E-state index contributed by atoms with van der Waals surface area (Å²) in [5, 5.41) is 1.46. The van der Waals surface area contributed by atoms with E-state index >= 15 is 0 Å². The summed E-state index contributed by atoms with van der Waals surface area (Å²) in [6, 6.07) is 20.1. The van der Waals surface area contributed by atoms with Crippen LogP contribution < -0.4 is 0 Å². The number of carbonyl (C=O) groups excluding carboxylic acids is 4. The van der Waals surface area contributed by atoms with Gasteiger partial charge in [0, 0.05) is 38.5 Å². The van der Waals surface area contributed by atoms with Gasteiger partial charge in [0.2, 0.25) is 0 Å². The Balaban J connectivity index is 0.884. The molecule has 8 aliphatic rings. The molecule has 4 nitrogen and oxygen atoms in total. The van der Waals surface area contributed by atoms with Gasteiger partial charge in [-0.1, -0.05) is 69.9 Å². The zero-order valence-corrected chi connectivity index (χ0v) is 38.5. The highest BCUT2D eigenvalue weighted by molar-refractivity contribution is 6.41. The predicted octanol–water partition coefficient (Wildman–Crippen LogP) is 15.0. The summed E-state index contributed by atoms with van der Waals surface area (Å²) in [4.78, 5) is 56.7. The van der Waals surface area contributed by atoms with Crippen LogP contribution in [0.15, 0.2) is 107 Å². The topological polar surface area (TPSA) is 68.3 Å². The number of fused-ring (bicyclic) bond motifs is 13. The average molecular weight is 931 g/mol. The lowest BCUT2D eigenvalue weighted by Gasteiger charge is -2.38. The number of hydrogen-bond donors (Lipinski definition) is 0. The van der Waals surface area contributed by atoms with Gasteiger partial charge in [-0.3, -0.25) is 19.2 Å². The van der Waals surface area contributed by atoms with Crippen molar-refractivity contribution >= 4 is 56.8 Å². The second kappa shape index (κ2) is 14.6. The minimum absolute atomic E-state index is 0.0904. The van der Waals surface area contributed by atoms with Crippen molar-refractivity contribution in [1.82, 2.24) is 0 Å². The first kappa shape index (κ1) is 42.1. The van der Waals surface area contributed by atoms with Crippen LogP contribution in [0.5, 0.6) is 0 Å². The van der Waals surface area contributed by atoms with E-state index in [-0.39, 0.29) is 38.8 Å². The molecule has 70 heavy (non-hydrogen) atoms. The van der Waals surface area contributed by atoms with E-state index in [2.05, 4.69) is 36.4 Å². The van der Waals surface area contributed by atoms with E-state index in [9.17, 15) is 36.7 Å². The third-order valence-corrected chi connectivity index (χ3v) is 18.2. The van der Waals surface area contributed by atoms with Crippen molar-refractivity contribution in [2.75, 3.05) is 0 Å². The summed E-state index contributed by atoms with van der Waals surface area (Å²) in [7, 11) is 0. The van der Waals surface area contributed by atoms with Crippen LogP contribution >= 0.6 is 0 Å². The second-order valence-electron chi connectivity index (χ2n) is 21.6. The van der Waals surface area contributed by atoms with Gasteiger partial charge in [0.1, 0.15) is 0 Å². The number of Topliss-reactive ketones (excluding diaryl/α,β-unsaturated/α-hetero) is 4. The molecule has 0 heterocycles. The van der Waals surface area contributed by atoms with Gasteiger partial charge in [-0.15, -0.1) is 0 Å². The van der Waals surface area contributed by atoms with Gasteiger partial charge < -0.3 is 0 Å². The Morgan fingerprint density at radius 3 is 0.943 bits per heavy atom. The number of halogens is 4. The van der Waals surface area contributed by atoms with Crippen LogP contribution in [0.25, 0.3) is 44.8 Å². The molecule has 3 spiro atoms. The zero-order valence-electron chi connectivity index (χ0n) is 38.5. The minimum atomic E-state index is -1.01. The first-order valence-electron chi connectivity index (χ1n) is 25.2. The van der Waals surface area contributed by atoms with Gasteiger partial charge in [-0.05, 0) is 201 Å². The molecule has 0 unspecified atom stereocenters. The molecule has 6 aromatic rings. The summed E-state index contributed by atoms with van der Waals surface area (Å²) in [6.45, 7) is 0. The van der Waals surface area contributed by atoms with E-state index in [1.54, 1.807) is 0 Å². The fraction of sp³-hybridized carbons (Fsp3) is 0.290.